The first kappa shape index (κ1) is 25.7. The second-order valence-electron chi connectivity index (χ2n) is 8.51. The zero-order valence-corrected chi connectivity index (χ0v) is 19.9. The lowest BCUT2D eigenvalue weighted by atomic mass is 9.97. The van der Waals surface area contributed by atoms with Gasteiger partial charge < -0.3 is 25.2 Å². The Bertz CT molecular complexity index is 1060. The number of esters is 1. The normalized spacial score (nSPS) is 14.6. The number of methoxy groups -OCH3 is 1. The number of hydrogen-bond donors (Lipinski definition) is 3. The summed E-state index contributed by atoms with van der Waals surface area (Å²) in [5.74, 6) is -3.33. The van der Waals surface area contributed by atoms with Crippen molar-refractivity contribution in [1.29, 1.82) is 0 Å². The van der Waals surface area contributed by atoms with Crippen molar-refractivity contribution in [2.24, 2.45) is 5.92 Å². The largest absolute Gasteiger partial charge is 0.480 e. The van der Waals surface area contributed by atoms with Gasteiger partial charge in [0.1, 0.15) is 18.7 Å². The molecule has 0 heterocycles. The van der Waals surface area contributed by atoms with Crippen molar-refractivity contribution in [2.75, 3.05) is 13.7 Å². The summed E-state index contributed by atoms with van der Waals surface area (Å²) in [4.78, 5) is 48.5. The Morgan fingerprint density at radius 2 is 1.54 bits per heavy atom. The minimum Gasteiger partial charge on any atom is -0.480 e. The van der Waals surface area contributed by atoms with Crippen LogP contribution in [-0.2, 0) is 23.9 Å². The minimum absolute atomic E-state index is 0.0782. The van der Waals surface area contributed by atoms with E-state index < -0.39 is 42.4 Å². The maximum absolute atomic E-state index is 12.9. The molecule has 2 aromatic rings. The Kier molecular flexibility index (Phi) is 8.46. The van der Waals surface area contributed by atoms with Crippen molar-refractivity contribution >= 4 is 23.9 Å². The molecule has 0 bridgehead atoms. The number of rotatable bonds is 10. The zero-order valence-electron chi connectivity index (χ0n) is 19.9. The van der Waals surface area contributed by atoms with Gasteiger partial charge in [-0.15, -0.1) is 0 Å². The van der Waals surface area contributed by atoms with Crippen molar-refractivity contribution in [1.82, 2.24) is 10.6 Å². The quantitative estimate of drug-likeness (QED) is 0.444. The van der Waals surface area contributed by atoms with Gasteiger partial charge in [-0.2, -0.15) is 0 Å². The molecular weight excluding hydrogens is 452 g/mol. The zero-order chi connectivity index (χ0) is 25.5. The maximum Gasteiger partial charge on any atom is 0.407 e. The number of hydrogen-bond acceptors (Lipinski definition) is 6. The van der Waals surface area contributed by atoms with Crippen molar-refractivity contribution in [2.45, 2.75) is 44.7 Å². The fourth-order valence-corrected chi connectivity index (χ4v) is 4.18. The maximum atomic E-state index is 12.9. The van der Waals surface area contributed by atoms with E-state index in [0.29, 0.717) is 6.42 Å². The highest BCUT2D eigenvalue weighted by molar-refractivity contribution is 5.91. The molecule has 186 valence electrons. The van der Waals surface area contributed by atoms with Crippen LogP contribution in [0, 0.1) is 5.92 Å². The summed E-state index contributed by atoms with van der Waals surface area (Å²) >= 11 is 0. The van der Waals surface area contributed by atoms with Gasteiger partial charge >= 0.3 is 18.0 Å². The molecule has 2 aromatic carbocycles. The van der Waals surface area contributed by atoms with E-state index in [-0.39, 0.29) is 18.4 Å². The molecule has 0 spiro atoms. The van der Waals surface area contributed by atoms with Crippen molar-refractivity contribution < 1.29 is 33.8 Å². The predicted molar refractivity (Wildman–Crippen MR) is 128 cm³/mol. The van der Waals surface area contributed by atoms with Gasteiger partial charge in [0, 0.05) is 5.92 Å². The number of carboxylic acids is 1. The van der Waals surface area contributed by atoms with E-state index in [1.807, 2.05) is 55.5 Å². The number of nitrogens with one attached hydrogen (secondary N) is 2. The van der Waals surface area contributed by atoms with Crippen molar-refractivity contribution in [3.63, 3.8) is 0 Å². The molecule has 3 rings (SSSR count). The number of carbonyl (C=O) groups is 4. The minimum atomic E-state index is -1.48. The lowest BCUT2D eigenvalue weighted by Gasteiger charge is -2.25. The molecule has 35 heavy (non-hydrogen) atoms. The molecule has 1 aliphatic carbocycles. The van der Waals surface area contributed by atoms with E-state index in [2.05, 4.69) is 15.4 Å². The monoisotopic (exact) mass is 482 g/mol. The number of carboxylic acid groups (broad SMARTS) is 1. The summed E-state index contributed by atoms with van der Waals surface area (Å²) in [5.41, 5.74) is 4.31. The van der Waals surface area contributed by atoms with E-state index in [9.17, 15) is 24.3 Å². The number of amides is 2. The number of aliphatic carboxylic acids is 1. The van der Waals surface area contributed by atoms with Crippen LogP contribution in [0.3, 0.4) is 0 Å². The predicted octanol–water partition coefficient (Wildman–Crippen LogP) is 3.07. The van der Waals surface area contributed by atoms with Gasteiger partial charge in [0.05, 0.1) is 13.5 Å². The molecular formula is C26H30N2O7. The molecule has 0 radical (unpaired) electrons. The molecule has 9 heteroatoms. The fourth-order valence-electron chi connectivity index (χ4n) is 4.18. The van der Waals surface area contributed by atoms with Gasteiger partial charge in [0.15, 0.2) is 0 Å². The molecule has 0 aliphatic heterocycles. The van der Waals surface area contributed by atoms with Gasteiger partial charge in [-0.25, -0.2) is 9.59 Å². The summed E-state index contributed by atoms with van der Waals surface area (Å²) in [6, 6.07) is 13.4. The van der Waals surface area contributed by atoms with Crippen LogP contribution in [-0.4, -0.2) is 54.8 Å². The van der Waals surface area contributed by atoms with Crippen LogP contribution in [0.5, 0.6) is 0 Å². The summed E-state index contributed by atoms with van der Waals surface area (Å²) < 4.78 is 10.0. The van der Waals surface area contributed by atoms with E-state index in [1.54, 1.807) is 6.92 Å². The van der Waals surface area contributed by atoms with E-state index >= 15 is 0 Å². The average Bonchev–Trinajstić information content (AvgIpc) is 3.18. The molecule has 0 saturated heterocycles. The molecule has 0 unspecified atom stereocenters. The first-order chi connectivity index (χ1) is 16.8. The van der Waals surface area contributed by atoms with Crippen LogP contribution in [0.1, 0.15) is 43.7 Å². The number of carbonyl (C=O) groups excluding carboxylic acids is 3. The molecule has 3 atom stereocenters. The molecule has 0 saturated carbocycles. The fraction of sp³-hybridized carbons (Fsp3) is 0.385. The third-order valence-corrected chi connectivity index (χ3v) is 6.33. The Morgan fingerprint density at radius 1 is 0.971 bits per heavy atom. The average molecular weight is 483 g/mol. The summed E-state index contributed by atoms with van der Waals surface area (Å²) in [7, 11) is 1.13. The lowest BCUT2D eigenvalue weighted by molar-refractivity contribution is -0.149. The van der Waals surface area contributed by atoms with Gasteiger partial charge in [0.25, 0.3) is 0 Å². The van der Waals surface area contributed by atoms with Gasteiger partial charge in [-0.1, -0.05) is 68.8 Å². The van der Waals surface area contributed by atoms with Gasteiger partial charge in [0.2, 0.25) is 5.91 Å². The SMILES string of the molecule is CC[C@H](C)[C@H](NC(=O)OCC1c2ccccc2-c2ccccc21)C(=O)N[C@H](CC(=O)OC)C(=O)O. The van der Waals surface area contributed by atoms with Crippen LogP contribution in [0.2, 0.25) is 0 Å². The Hall–Kier alpha value is -3.88. The van der Waals surface area contributed by atoms with Crippen LogP contribution in [0.15, 0.2) is 48.5 Å². The van der Waals surface area contributed by atoms with Gasteiger partial charge in [-0.3, -0.25) is 9.59 Å². The molecule has 2 amide bonds. The van der Waals surface area contributed by atoms with Crippen molar-refractivity contribution in [3.05, 3.63) is 59.7 Å². The number of fused-ring (bicyclic) bond motifs is 3. The molecule has 1 aliphatic rings. The Labute approximate surface area is 203 Å². The van der Waals surface area contributed by atoms with E-state index in [1.165, 1.54) is 0 Å². The van der Waals surface area contributed by atoms with Gasteiger partial charge in [-0.05, 0) is 28.2 Å². The molecule has 0 fully saturated rings. The summed E-state index contributed by atoms with van der Waals surface area (Å²) in [6.07, 6.45) is -0.779. The smallest absolute Gasteiger partial charge is 0.407 e. The molecule has 9 nitrogen and oxygen atoms in total. The Morgan fingerprint density at radius 3 is 2.06 bits per heavy atom. The second kappa shape index (κ2) is 11.5. The number of benzene rings is 2. The van der Waals surface area contributed by atoms with Crippen LogP contribution in [0.25, 0.3) is 11.1 Å². The topological polar surface area (TPSA) is 131 Å². The standard InChI is InChI=1S/C26H30N2O7/c1-4-15(2)23(24(30)27-21(25(31)32)13-22(29)34-3)28-26(33)35-14-20-18-11-7-5-9-16(18)17-10-6-8-12-19(17)20/h5-12,15,20-21,23H,4,13-14H2,1-3H3,(H,27,30)(H,28,33)(H,31,32)/t15-,21+,23-/m0/s1. The highest BCUT2D eigenvalue weighted by Gasteiger charge is 2.33. The highest BCUT2D eigenvalue weighted by atomic mass is 16.5. The third kappa shape index (κ3) is 5.98. The number of ether oxygens (including phenoxy) is 2. The molecule has 0 aromatic heterocycles. The van der Waals surface area contributed by atoms with Crippen LogP contribution < -0.4 is 10.6 Å². The molecule has 3 N–H and O–H groups in total. The summed E-state index contributed by atoms with van der Waals surface area (Å²) in [5, 5.41) is 14.2. The Balaban J connectivity index is 1.68. The highest BCUT2D eigenvalue weighted by Crippen LogP contribution is 2.44. The number of alkyl carbamates (subject to hydrolysis) is 1. The third-order valence-electron chi connectivity index (χ3n) is 6.33. The van der Waals surface area contributed by atoms with E-state index in [0.717, 1.165) is 29.4 Å². The first-order valence-corrected chi connectivity index (χ1v) is 11.5. The van der Waals surface area contributed by atoms with E-state index in [4.69, 9.17) is 4.74 Å². The van der Waals surface area contributed by atoms with Crippen molar-refractivity contribution in [3.8, 4) is 11.1 Å². The first-order valence-electron chi connectivity index (χ1n) is 11.5. The van der Waals surface area contributed by atoms with Crippen LogP contribution in [0.4, 0.5) is 4.79 Å². The second-order valence-corrected chi connectivity index (χ2v) is 8.51. The lowest BCUT2D eigenvalue weighted by Crippen LogP contribution is -2.54. The van der Waals surface area contributed by atoms with Crippen LogP contribution >= 0.6 is 0 Å². The summed E-state index contributed by atoms with van der Waals surface area (Å²) in [6.45, 7) is 3.67.